The number of hydrogen-bond acceptors (Lipinski definition) is 4. The molecule has 0 amide bonds. The fraction of sp³-hybridized carbons (Fsp3) is 0.278. The van der Waals surface area contributed by atoms with E-state index in [1.165, 1.54) is 0 Å². The van der Waals surface area contributed by atoms with Gasteiger partial charge in [-0.15, -0.1) is 6.58 Å². The van der Waals surface area contributed by atoms with Crippen molar-refractivity contribution in [3.05, 3.63) is 66.0 Å². The van der Waals surface area contributed by atoms with E-state index in [0.29, 0.717) is 0 Å². The average Bonchev–Trinajstić information content (AvgIpc) is 2.55. The molecule has 0 unspecified atom stereocenters. The van der Waals surface area contributed by atoms with Gasteiger partial charge < -0.3 is 14.8 Å². The second kappa shape index (κ2) is 8.20. The van der Waals surface area contributed by atoms with Crippen LogP contribution in [0.1, 0.15) is 16.7 Å². The summed E-state index contributed by atoms with van der Waals surface area (Å²) in [5, 5.41) is 3.41. The van der Waals surface area contributed by atoms with Crippen LogP contribution in [0.15, 0.2) is 49.3 Å². The predicted molar refractivity (Wildman–Crippen MR) is 88.2 cm³/mol. The van der Waals surface area contributed by atoms with Gasteiger partial charge in [-0.1, -0.05) is 18.2 Å². The Morgan fingerprint density at radius 2 is 2.00 bits per heavy atom. The van der Waals surface area contributed by atoms with E-state index in [9.17, 15) is 0 Å². The number of hydrogen-bond donors (Lipinski definition) is 1. The first-order valence-electron chi connectivity index (χ1n) is 7.22. The third-order valence-electron chi connectivity index (χ3n) is 3.36. The van der Waals surface area contributed by atoms with Crippen molar-refractivity contribution < 1.29 is 9.47 Å². The maximum absolute atomic E-state index is 5.45. The Morgan fingerprint density at radius 1 is 1.18 bits per heavy atom. The van der Waals surface area contributed by atoms with Gasteiger partial charge in [-0.05, 0) is 29.7 Å². The summed E-state index contributed by atoms with van der Waals surface area (Å²) in [6.07, 6.45) is 6.25. The minimum atomic E-state index is 0.746. The molecule has 0 fully saturated rings. The number of nitrogens with zero attached hydrogens (tertiary/aromatic N) is 1. The number of benzene rings is 1. The highest BCUT2D eigenvalue weighted by Gasteiger charge is 2.11. The fourth-order valence-corrected chi connectivity index (χ4v) is 2.37. The zero-order valence-corrected chi connectivity index (χ0v) is 13.1. The molecular formula is C18H22N2O2. The lowest BCUT2D eigenvalue weighted by molar-refractivity contribution is 0.351. The summed E-state index contributed by atoms with van der Waals surface area (Å²) in [4.78, 5) is 4.11. The number of pyridine rings is 1. The van der Waals surface area contributed by atoms with Gasteiger partial charge in [0, 0.05) is 31.0 Å². The number of methoxy groups -OCH3 is 2. The van der Waals surface area contributed by atoms with Crippen LogP contribution in [0.3, 0.4) is 0 Å². The van der Waals surface area contributed by atoms with Crippen LogP contribution in [0.4, 0.5) is 0 Å². The van der Waals surface area contributed by atoms with Gasteiger partial charge in [-0.2, -0.15) is 0 Å². The van der Waals surface area contributed by atoms with Crippen LogP contribution in [-0.4, -0.2) is 19.2 Å². The summed E-state index contributed by atoms with van der Waals surface area (Å²) in [6.45, 7) is 5.33. The van der Waals surface area contributed by atoms with Crippen molar-refractivity contribution in [2.24, 2.45) is 0 Å². The van der Waals surface area contributed by atoms with Crippen molar-refractivity contribution in [3.8, 4) is 11.5 Å². The monoisotopic (exact) mass is 298 g/mol. The molecule has 0 spiro atoms. The molecule has 2 rings (SSSR count). The molecule has 1 N–H and O–H groups in total. The molecule has 116 valence electrons. The van der Waals surface area contributed by atoms with Gasteiger partial charge in [-0.3, -0.25) is 4.98 Å². The first-order chi connectivity index (χ1) is 10.8. The maximum atomic E-state index is 5.45. The standard InChI is InChI=1S/C18H22N2O2/c1-4-6-16-9-15(10-17(21-2)18(16)22-3)13-20-12-14-7-5-8-19-11-14/h4-5,7-11,20H,1,6,12-13H2,2-3H3. The zero-order chi connectivity index (χ0) is 15.8. The Morgan fingerprint density at radius 3 is 2.64 bits per heavy atom. The molecule has 1 aromatic heterocycles. The van der Waals surface area contributed by atoms with E-state index in [4.69, 9.17) is 9.47 Å². The Labute approximate surface area is 131 Å². The highest BCUT2D eigenvalue weighted by Crippen LogP contribution is 2.33. The molecule has 0 aliphatic heterocycles. The molecule has 0 atom stereocenters. The molecule has 0 radical (unpaired) electrons. The number of rotatable bonds is 8. The Bertz CT molecular complexity index is 612. The highest BCUT2D eigenvalue weighted by molar-refractivity contribution is 5.50. The van der Waals surface area contributed by atoms with E-state index >= 15 is 0 Å². The largest absolute Gasteiger partial charge is 0.493 e. The topological polar surface area (TPSA) is 43.4 Å². The molecule has 0 bridgehead atoms. The van der Waals surface area contributed by atoms with Gasteiger partial charge in [0.05, 0.1) is 14.2 Å². The van der Waals surface area contributed by atoms with Gasteiger partial charge in [0.2, 0.25) is 0 Å². The lowest BCUT2D eigenvalue weighted by Crippen LogP contribution is -2.13. The Balaban J connectivity index is 2.09. The lowest BCUT2D eigenvalue weighted by Gasteiger charge is -2.15. The molecule has 4 nitrogen and oxygen atoms in total. The highest BCUT2D eigenvalue weighted by atomic mass is 16.5. The summed E-state index contributed by atoms with van der Waals surface area (Å²) in [6, 6.07) is 8.12. The SMILES string of the molecule is C=CCc1cc(CNCc2cccnc2)cc(OC)c1OC. The van der Waals surface area contributed by atoms with Gasteiger partial charge in [0.1, 0.15) is 0 Å². The Hall–Kier alpha value is -2.33. The van der Waals surface area contributed by atoms with E-state index in [2.05, 4.69) is 29.0 Å². The Kier molecular flexibility index (Phi) is 5.98. The molecule has 0 saturated carbocycles. The van der Waals surface area contributed by atoms with E-state index in [1.54, 1.807) is 20.4 Å². The summed E-state index contributed by atoms with van der Waals surface area (Å²) in [7, 11) is 3.31. The van der Waals surface area contributed by atoms with Crippen molar-refractivity contribution in [3.63, 3.8) is 0 Å². The van der Waals surface area contributed by atoms with Crippen LogP contribution in [0.2, 0.25) is 0 Å². The quantitative estimate of drug-likeness (QED) is 0.761. The molecule has 0 aliphatic rings. The summed E-state index contributed by atoms with van der Waals surface area (Å²) >= 11 is 0. The minimum Gasteiger partial charge on any atom is -0.493 e. The van der Waals surface area contributed by atoms with Crippen molar-refractivity contribution in [2.75, 3.05) is 14.2 Å². The van der Waals surface area contributed by atoms with E-state index in [1.807, 2.05) is 24.4 Å². The second-order valence-electron chi connectivity index (χ2n) is 4.95. The van der Waals surface area contributed by atoms with Crippen LogP contribution in [-0.2, 0) is 19.5 Å². The summed E-state index contributed by atoms with van der Waals surface area (Å²) < 4.78 is 10.9. The number of allylic oxidation sites excluding steroid dienone is 1. The van der Waals surface area contributed by atoms with Crippen LogP contribution < -0.4 is 14.8 Å². The third-order valence-corrected chi connectivity index (χ3v) is 3.36. The third kappa shape index (κ3) is 4.09. The van der Waals surface area contributed by atoms with Gasteiger partial charge in [0.25, 0.3) is 0 Å². The normalized spacial score (nSPS) is 10.3. The predicted octanol–water partition coefficient (Wildman–Crippen LogP) is 3.12. The molecular weight excluding hydrogens is 276 g/mol. The fourth-order valence-electron chi connectivity index (χ4n) is 2.37. The van der Waals surface area contributed by atoms with Gasteiger partial charge >= 0.3 is 0 Å². The summed E-state index contributed by atoms with van der Waals surface area (Å²) in [5.74, 6) is 1.53. The maximum Gasteiger partial charge on any atom is 0.164 e. The molecule has 1 aromatic carbocycles. The van der Waals surface area contributed by atoms with E-state index in [0.717, 1.165) is 47.7 Å². The van der Waals surface area contributed by atoms with Crippen LogP contribution in [0.5, 0.6) is 11.5 Å². The first-order valence-corrected chi connectivity index (χ1v) is 7.22. The smallest absolute Gasteiger partial charge is 0.164 e. The minimum absolute atomic E-state index is 0.746. The average molecular weight is 298 g/mol. The second-order valence-corrected chi connectivity index (χ2v) is 4.95. The van der Waals surface area contributed by atoms with Gasteiger partial charge in [0.15, 0.2) is 11.5 Å². The van der Waals surface area contributed by atoms with E-state index < -0.39 is 0 Å². The molecule has 22 heavy (non-hydrogen) atoms. The number of ether oxygens (including phenoxy) is 2. The van der Waals surface area contributed by atoms with Crippen molar-refractivity contribution in [1.29, 1.82) is 0 Å². The molecule has 0 saturated heterocycles. The molecule has 0 aliphatic carbocycles. The van der Waals surface area contributed by atoms with Gasteiger partial charge in [-0.25, -0.2) is 0 Å². The molecule has 4 heteroatoms. The zero-order valence-electron chi connectivity index (χ0n) is 13.1. The van der Waals surface area contributed by atoms with Crippen molar-refractivity contribution in [1.82, 2.24) is 10.3 Å². The van der Waals surface area contributed by atoms with Crippen LogP contribution in [0, 0.1) is 0 Å². The van der Waals surface area contributed by atoms with Crippen molar-refractivity contribution >= 4 is 0 Å². The number of nitrogens with one attached hydrogen (secondary N) is 1. The van der Waals surface area contributed by atoms with E-state index in [-0.39, 0.29) is 0 Å². The molecule has 2 aromatic rings. The lowest BCUT2D eigenvalue weighted by atomic mass is 10.1. The first kappa shape index (κ1) is 16.0. The van der Waals surface area contributed by atoms with Crippen molar-refractivity contribution in [2.45, 2.75) is 19.5 Å². The van der Waals surface area contributed by atoms with Crippen LogP contribution in [0.25, 0.3) is 0 Å². The molecule has 1 heterocycles. The summed E-state index contributed by atoms with van der Waals surface area (Å²) in [5.41, 5.74) is 3.39. The van der Waals surface area contributed by atoms with Crippen LogP contribution >= 0.6 is 0 Å². The number of aromatic nitrogens is 1.